The van der Waals surface area contributed by atoms with Crippen molar-refractivity contribution in [1.29, 1.82) is 0 Å². The molecule has 0 fully saturated rings. The van der Waals surface area contributed by atoms with Crippen molar-refractivity contribution in [1.82, 2.24) is 0 Å². The van der Waals surface area contributed by atoms with Gasteiger partial charge in [-0.2, -0.15) is 0 Å². The second-order valence-corrected chi connectivity index (χ2v) is 2.76. The molecule has 0 atom stereocenters. The fourth-order valence-electron chi connectivity index (χ4n) is 0.915. The summed E-state index contributed by atoms with van der Waals surface area (Å²) >= 11 is 0. The van der Waals surface area contributed by atoms with Crippen LogP contribution in [-0.4, -0.2) is 0 Å². The lowest BCUT2D eigenvalue weighted by Gasteiger charge is -1.90. The Morgan fingerprint density at radius 1 is 0.562 bits per heavy atom. The molecule has 0 saturated heterocycles. The van der Waals surface area contributed by atoms with Crippen LogP contribution in [-0.2, 0) is 0 Å². The van der Waals surface area contributed by atoms with Gasteiger partial charge in [-0.25, -0.2) is 0 Å². The molecule has 102 valence electrons. The van der Waals surface area contributed by atoms with E-state index in [0.717, 1.165) is 0 Å². The summed E-state index contributed by atoms with van der Waals surface area (Å²) in [7, 11) is 0. The van der Waals surface area contributed by atoms with E-state index in [1.165, 1.54) is 38.5 Å². The Morgan fingerprint density at radius 2 is 1.00 bits per heavy atom. The van der Waals surface area contributed by atoms with Gasteiger partial charge in [-0.3, -0.25) is 0 Å². The van der Waals surface area contributed by atoms with Gasteiger partial charge in [-0.15, -0.1) is 0 Å². The first-order valence-electron chi connectivity index (χ1n) is 7.56. The third kappa shape index (κ3) is 49.1. The number of rotatable bonds is 6. The molecule has 0 aromatic rings. The molecule has 0 N–H and O–H groups in total. The molecule has 0 unspecified atom stereocenters. The molecule has 0 amide bonds. The number of unbranched alkanes of at least 4 members (excludes halogenated alkanes) is 4. The van der Waals surface area contributed by atoms with Gasteiger partial charge in [0.05, 0.1) is 0 Å². The lowest BCUT2D eigenvalue weighted by molar-refractivity contribution is 0.727. The molecular formula is C16H38. The van der Waals surface area contributed by atoms with Gasteiger partial charge in [-0.1, -0.05) is 86.8 Å². The van der Waals surface area contributed by atoms with Crippen molar-refractivity contribution in [2.45, 2.75) is 93.9 Å². The molecule has 0 aliphatic rings. The molecule has 0 rings (SSSR count). The summed E-state index contributed by atoms with van der Waals surface area (Å²) in [6.07, 6.45) is 12.5. The molecule has 0 aromatic heterocycles. The fraction of sp³-hybridized carbons (Fsp3) is 0.875. The molecule has 0 heteroatoms. The minimum Gasteiger partial charge on any atom is -0.0885 e. The third-order valence-corrected chi connectivity index (χ3v) is 1.60. The fourth-order valence-corrected chi connectivity index (χ4v) is 0.915. The normalized spacial score (nSPS) is 8.00. The van der Waals surface area contributed by atoms with Crippen molar-refractivity contribution >= 4 is 0 Å². The maximum absolute atomic E-state index is 2.32. The van der Waals surface area contributed by atoms with Gasteiger partial charge in [0, 0.05) is 0 Å². The zero-order valence-electron chi connectivity index (χ0n) is 13.4. The highest BCUT2D eigenvalue weighted by Crippen LogP contribution is 2.00. The van der Waals surface area contributed by atoms with E-state index >= 15 is 0 Å². The summed E-state index contributed by atoms with van der Waals surface area (Å²) in [5, 5.41) is 0. The van der Waals surface area contributed by atoms with Crippen LogP contribution in [0.5, 0.6) is 0 Å². The van der Waals surface area contributed by atoms with Gasteiger partial charge in [0.2, 0.25) is 0 Å². The van der Waals surface area contributed by atoms with Crippen LogP contribution < -0.4 is 0 Å². The molecule has 0 bridgehead atoms. The minimum absolute atomic E-state index is 1.26. The number of hydrogen-bond donors (Lipinski definition) is 0. The summed E-state index contributed by atoms with van der Waals surface area (Å²) in [6, 6.07) is 0. The van der Waals surface area contributed by atoms with Crippen LogP contribution in [0.2, 0.25) is 0 Å². The quantitative estimate of drug-likeness (QED) is 0.340. The van der Waals surface area contributed by atoms with Gasteiger partial charge in [-0.05, 0) is 19.3 Å². The molecule has 0 aliphatic heterocycles. The SMILES string of the molecule is CC.CC.CC.CCCC=CCCCCC. The molecule has 16 heavy (non-hydrogen) atoms. The second-order valence-electron chi connectivity index (χ2n) is 2.76. The van der Waals surface area contributed by atoms with Crippen molar-refractivity contribution in [2.24, 2.45) is 0 Å². The van der Waals surface area contributed by atoms with E-state index in [4.69, 9.17) is 0 Å². The third-order valence-electron chi connectivity index (χ3n) is 1.60. The van der Waals surface area contributed by atoms with Gasteiger partial charge in [0.15, 0.2) is 0 Å². The van der Waals surface area contributed by atoms with Gasteiger partial charge in [0.25, 0.3) is 0 Å². The zero-order chi connectivity index (χ0) is 13.7. The summed E-state index contributed by atoms with van der Waals surface area (Å²) < 4.78 is 0. The Kier molecular flexibility index (Phi) is 72.0. The first kappa shape index (κ1) is 24.8. The van der Waals surface area contributed by atoms with E-state index < -0.39 is 0 Å². The van der Waals surface area contributed by atoms with E-state index in [0.29, 0.717) is 0 Å². The minimum atomic E-state index is 1.26. The Balaban J connectivity index is -0.000000103. The monoisotopic (exact) mass is 230 g/mol. The summed E-state index contributed by atoms with van der Waals surface area (Å²) in [5.41, 5.74) is 0. The maximum Gasteiger partial charge on any atom is -0.0351 e. The highest BCUT2D eigenvalue weighted by atomic mass is 13.9. The Hall–Kier alpha value is -0.260. The van der Waals surface area contributed by atoms with Gasteiger partial charge >= 0.3 is 0 Å². The average Bonchev–Trinajstić information content (AvgIpc) is 2.41. The predicted molar refractivity (Wildman–Crippen MR) is 82.2 cm³/mol. The van der Waals surface area contributed by atoms with Gasteiger partial charge in [0.1, 0.15) is 0 Å². The predicted octanol–water partition coefficient (Wildman–Crippen LogP) is 7.00. The first-order chi connectivity index (χ1) is 7.91. The van der Waals surface area contributed by atoms with Crippen LogP contribution in [0.3, 0.4) is 0 Å². The van der Waals surface area contributed by atoms with Crippen LogP contribution in [0.15, 0.2) is 12.2 Å². The highest BCUT2D eigenvalue weighted by Gasteiger charge is 1.80. The van der Waals surface area contributed by atoms with Crippen LogP contribution in [0, 0.1) is 0 Å². The van der Waals surface area contributed by atoms with Crippen molar-refractivity contribution in [3.05, 3.63) is 12.2 Å². The van der Waals surface area contributed by atoms with E-state index in [1.807, 2.05) is 41.5 Å². The molecule has 0 saturated carbocycles. The molecule has 0 aliphatic carbocycles. The number of hydrogen-bond acceptors (Lipinski definition) is 0. The maximum atomic E-state index is 2.32. The molecular weight excluding hydrogens is 192 g/mol. The topological polar surface area (TPSA) is 0 Å². The molecule has 0 spiro atoms. The van der Waals surface area contributed by atoms with Crippen LogP contribution in [0.4, 0.5) is 0 Å². The van der Waals surface area contributed by atoms with Crippen LogP contribution in [0.1, 0.15) is 93.9 Å². The lowest BCUT2D eigenvalue weighted by Crippen LogP contribution is -1.70. The van der Waals surface area contributed by atoms with Crippen LogP contribution >= 0.6 is 0 Å². The Bertz CT molecular complexity index is 72.1. The highest BCUT2D eigenvalue weighted by molar-refractivity contribution is 4.80. The Labute approximate surface area is 107 Å². The molecule has 0 radical (unpaired) electrons. The number of allylic oxidation sites excluding steroid dienone is 2. The van der Waals surface area contributed by atoms with E-state index in [-0.39, 0.29) is 0 Å². The largest absolute Gasteiger partial charge is 0.0885 e. The second kappa shape index (κ2) is 46.5. The first-order valence-corrected chi connectivity index (χ1v) is 7.56. The van der Waals surface area contributed by atoms with Crippen molar-refractivity contribution in [3.8, 4) is 0 Å². The van der Waals surface area contributed by atoms with Gasteiger partial charge < -0.3 is 0 Å². The van der Waals surface area contributed by atoms with E-state index in [2.05, 4.69) is 26.0 Å². The smallest absolute Gasteiger partial charge is 0.0351 e. The molecule has 0 heterocycles. The Morgan fingerprint density at radius 3 is 1.38 bits per heavy atom. The summed E-state index contributed by atoms with van der Waals surface area (Å²) in [4.78, 5) is 0. The average molecular weight is 230 g/mol. The van der Waals surface area contributed by atoms with Crippen molar-refractivity contribution in [3.63, 3.8) is 0 Å². The van der Waals surface area contributed by atoms with Crippen LogP contribution in [0.25, 0.3) is 0 Å². The standard InChI is InChI=1S/C10H20.3C2H6/c1-3-5-7-9-10-8-6-4-2;3*1-2/h7,9H,3-6,8,10H2,1-2H3;3*1-2H3. The summed E-state index contributed by atoms with van der Waals surface area (Å²) in [6.45, 7) is 16.5. The van der Waals surface area contributed by atoms with Crippen molar-refractivity contribution < 1.29 is 0 Å². The summed E-state index contributed by atoms with van der Waals surface area (Å²) in [5.74, 6) is 0. The molecule has 0 nitrogen and oxygen atoms in total. The van der Waals surface area contributed by atoms with Crippen molar-refractivity contribution in [2.75, 3.05) is 0 Å². The van der Waals surface area contributed by atoms with E-state index in [1.54, 1.807) is 0 Å². The lowest BCUT2D eigenvalue weighted by atomic mass is 10.2. The van der Waals surface area contributed by atoms with E-state index in [9.17, 15) is 0 Å². The molecule has 0 aromatic carbocycles. The zero-order valence-corrected chi connectivity index (χ0v) is 13.4.